The van der Waals surface area contributed by atoms with Crippen LogP contribution in [0.4, 0.5) is 24.1 Å². The number of rotatable bonds is 4. The molecule has 4 rings (SSSR count). The van der Waals surface area contributed by atoms with Crippen LogP contribution in [-0.4, -0.2) is 64.5 Å². The van der Waals surface area contributed by atoms with E-state index in [1.54, 1.807) is 16.7 Å². The van der Waals surface area contributed by atoms with Gasteiger partial charge in [-0.3, -0.25) is 5.32 Å². The zero-order valence-electron chi connectivity index (χ0n) is 18.0. The van der Waals surface area contributed by atoms with Crippen molar-refractivity contribution in [2.75, 3.05) is 32.1 Å². The number of morpholine rings is 1. The standard InChI is InChI=1S/C22H22F2N4O5/c1-12-3-4-28-17(10-14-11-27(22(30)31)5-6-33-14)20(26-18(28)7-12)19-15(23)8-13(9-16(19)24)25-21(29)32-2/h3-4,7-9,14H,5-6,10-11H2,1-2H3,(H,25,29)(H,30,31)/t14-/m0/s1. The minimum Gasteiger partial charge on any atom is -0.465 e. The molecule has 174 valence electrons. The molecule has 0 aliphatic carbocycles. The summed E-state index contributed by atoms with van der Waals surface area (Å²) in [5.41, 5.74) is 1.50. The van der Waals surface area contributed by atoms with Gasteiger partial charge in [-0.1, -0.05) is 0 Å². The normalized spacial score (nSPS) is 16.1. The number of aryl methyl sites for hydroxylation is 1. The highest BCUT2D eigenvalue weighted by Crippen LogP contribution is 2.33. The maximum atomic E-state index is 15.1. The number of nitrogens with one attached hydrogen (secondary N) is 1. The lowest BCUT2D eigenvalue weighted by Gasteiger charge is -2.31. The minimum atomic E-state index is -1.05. The van der Waals surface area contributed by atoms with E-state index in [2.05, 4.69) is 15.0 Å². The van der Waals surface area contributed by atoms with E-state index in [1.165, 1.54) is 4.90 Å². The molecule has 1 atom stereocenters. The Kier molecular flexibility index (Phi) is 6.14. The van der Waals surface area contributed by atoms with Crippen LogP contribution >= 0.6 is 0 Å². The van der Waals surface area contributed by atoms with Crippen molar-refractivity contribution in [2.24, 2.45) is 0 Å². The number of carbonyl (C=O) groups excluding carboxylic acids is 1. The van der Waals surface area contributed by atoms with Crippen LogP contribution in [0, 0.1) is 18.6 Å². The van der Waals surface area contributed by atoms with Gasteiger partial charge < -0.3 is 23.9 Å². The highest BCUT2D eigenvalue weighted by atomic mass is 19.1. The molecule has 9 nitrogen and oxygen atoms in total. The maximum absolute atomic E-state index is 15.1. The number of benzene rings is 1. The number of halogens is 2. The zero-order chi connectivity index (χ0) is 23.7. The molecule has 0 saturated carbocycles. The number of hydrogen-bond acceptors (Lipinski definition) is 5. The summed E-state index contributed by atoms with van der Waals surface area (Å²) in [6, 6.07) is 5.58. The Hall–Kier alpha value is -3.73. The Labute approximate surface area is 187 Å². The second-order valence-electron chi connectivity index (χ2n) is 7.70. The molecular weight excluding hydrogens is 438 g/mol. The van der Waals surface area contributed by atoms with Crippen molar-refractivity contribution in [1.82, 2.24) is 14.3 Å². The Balaban J connectivity index is 1.78. The highest BCUT2D eigenvalue weighted by Gasteiger charge is 2.28. The van der Waals surface area contributed by atoms with E-state index in [-0.39, 0.29) is 43.1 Å². The van der Waals surface area contributed by atoms with Gasteiger partial charge in [-0.05, 0) is 36.8 Å². The molecule has 1 aromatic carbocycles. The minimum absolute atomic E-state index is 0.0799. The topological polar surface area (TPSA) is 105 Å². The molecule has 0 radical (unpaired) electrons. The molecule has 11 heteroatoms. The van der Waals surface area contributed by atoms with Gasteiger partial charge in [0.1, 0.15) is 17.3 Å². The van der Waals surface area contributed by atoms with Gasteiger partial charge in [-0.15, -0.1) is 0 Å². The third kappa shape index (κ3) is 4.58. The summed E-state index contributed by atoms with van der Waals surface area (Å²) in [7, 11) is 1.14. The molecule has 1 aliphatic rings. The van der Waals surface area contributed by atoms with Gasteiger partial charge in [-0.2, -0.15) is 0 Å². The van der Waals surface area contributed by atoms with Gasteiger partial charge in [0.15, 0.2) is 0 Å². The third-order valence-electron chi connectivity index (χ3n) is 5.42. The highest BCUT2D eigenvalue weighted by molar-refractivity contribution is 5.85. The molecule has 1 aliphatic heterocycles. The van der Waals surface area contributed by atoms with Crippen LogP contribution in [0.2, 0.25) is 0 Å². The number of ether oxygens (including phenoxy) is 2. The quantitative estimate of drug-likeness (QED) is 0.615. The van der Waals surface area contributed by atoms with E-state index in [9.17, 15) is 14.7 Å². The number of pyridine rings is 1. The van der Waals surface area contributed by atoms with Crippen LogP contribution in [0.1, 0.15) is 11.3 Å². The summed E-state index contributed by atoms with van der Waals surface area (Å²) in [4.78, 5) is 28.5. The molecular formula is C22H22F2N4O5. The van der Waals surface area contributed by atoms with Gasteiger partial charge >= 0.3 is 12.2 Å². The predicted octanol–water partition coefficient (Wildman–Crippen LogP) is 3.69. The number of aromatic nitrogens is 2. The van der Waals surface area contributed by atoms with Gasteiger partial charge in [0.25, 0.3) is 0 Å². The Bertz CT molecular complexity index is 1210. The molecule has 0 unspecified atom stereocenters. The van der Waals surface area contributed by atoms with Crippen molar-refractivity contribution in [1.29, 1.82) is 0 Å². The predicted molar refractivity (Wildman–Crippen MR) is 114 cm³/mol. The molecule has 1 saturated heterocycles. The lowest BCUT2D eigenvalue weighted by atomic mass is 10.0. The summed E-state index contributed by atoms with van der Waals surface area (Å²) in [5.74, 6) is -1.83. The first kappa shape index (κ1) is 22.5. The number of fused-ring (bicyclic) bond motifs is 1. The van der Waals surface area contributed by atoms with E-state index in [0.717, 1.165) is 24.8 Å². The third-order valence-corrected chi connectivity index (χ3v) is 5.42. The van der Waals surface area contributed by atoms with E-state index in [0.29, 0.717) is 11.3 Å². The van der Waals surface area contributed by atoms with Crippen molar-refractivity contribution in [3.05, 3.63) is 53.4 Å². The van der Waals surface area contributed by atoms with Gasteiger partial charge in [-0.25, -0.2) is 23.4 Å². The molecule has 1 fully saturated rings. The average Bonchev–Trinajstić information content (AvgIpc) is 3.10. The first-order valence-corrected chi connectivity index (χ1v) is 10.2. The number of anilines is 1. The van der Waals surface area contributed by atoms with Gasteiger partial charge in [0.05, 0.1) is 43.3 Å². The molecule has 2 N–H and O–H groups in total. The molecule has 33 heavy (non-hydrogen) atoms. The summed E-state index contributed by atoms with van der Waals surface area (Å²) in [6.45, 7) is 2.47. The Morgan fingerprint density at radius 3 is 2.70 bits per heavy atom. The van der Waals surface area contributed by atoms with Crippen LogP contribution in [0.25, 0.3) is 16.9 Å². The van der Waals surface area contributed by atoms with Crippen LogP contribution in [-0.2, 0) is 15.9 Å². The SMILES string of the molecule is COC(=O)Nc1cc(F)c(-c2nc3cc(C)ccn3c2C[C@H]2CN(C(=O)O)CCO2)c(F)c1. The summed E-state index contributed by atoms with van der Waals surface area (Å²) >= 11 is 0. The zero-order valence-corrected chi connectivity index (χ0v) is 18.0. The fourth-order valence-corrected chi connectivity index (χ4v) is 3.87. The van der Waals surface area contributed by atoms with Crippen molar-refractivity contribution >= 4 is 23.5 Å². The second kappa shape index (κ2) is 9.02. The van der Waals surface area contributed by atoms with Crippen molar-refractivity contribution < 1.29 is 33.0 Å². The van der Waals surface area contributed by atoms with E-state index >= 15 is 8.78 Å². The monoisotopic (exact) mass is 460 g/mol. The van der Waals surface area contributed by atoms with Crippen LogP contribution in [0.15, 0.2) is 30.5 Å². The van der Waals surface area contributed by atoms with E-state index in [4.69, 9.17) is 4.74 Å². The number of carboxylic acid groups (broad SMARTS) is 1. The van der Waals surface area contributed by atoms with Gasteiger partial charge in [0.2, 0.25) is 0 Å². The molecule has 3 aromatic rings. The number of methoxy groups -OCH3 is 1. The van der Waals surface area contributed by atoms with E-state index in [1.807, 2.05) is 13.0 Å². The summed E-state index contributed by atoms with van der Waals surface area (Å²) in [6.07, 6.45) is -0.492. The fraction of sp³-hybridized carbons (Fsp3) is 0.318. The van der Waals surface area contributed by atoms with Crippen LogP contribution in [0.3, 0.4) is 0 Å². The molecule has 0 bridgehead atoms. The van der Waals surface area contributed by atoms with Crippen molar-refractivity contribution in [2.45, 2.75) is 19.4 Å². The molecule has 3 heterocycles. The lowest BCUT2D eigenvalue weighted by molar-refractivity contribution is -0.0214. The molecule has 0 spiro atoms. The largest absolute Gasteiger partial charge is 0.465 e. The lowest BCUT2D eigenvalue weighted by Crippen LogP contribution is -2.45. The number of carbonyl (C=O) groups is 2. The van der Waals surface area contributed by atoms with Crippen molar-refractivity contribution in [3.63, 3.8) is 0 Å². The number of nitrogens with zero attached hydrogens (tertiary/aromatic N) is 3. The van der Waals surface area contributed by atoms with Gasteiger partial charge in [0, 0.05) is 24.8 Å². The van der Waals surface area contributed by atoms with Crippen LogP contribution in [0.5, 0.6) is 0 Å². The number of imidazole rings is 1. The summed E-state index contributed by atoms with van der Waals surface area (Å²) < 4.78 is 42.1. The van der Waals surface area contributed by atoms with E-state index < -0.39 is 29.9 Å². The van der Waals surface area contributed by atoms with Crippen molar-refractivity contribution in [3.8, 4) is 11.3 Å². The summed E-state index contributed by atoms with van der Waals surface area (Å²) in [5, 5.41) is 11.5. The second-order valence-corrected chi connectivity index (χ2v) is 7.70. The number of amides is 2. The first-order chi connectivity index (χ1) is 15.8. The number of hydrogen-bond donors (Lipinski definition) is 2. The Morgan fingerprint density at radius 1 is 1.30 bits per heavy atom. The molecule has 2 aromatic heterocycles. The van der Waals surface area contributed by atoms with Crippen LogP contribution < -0.4 is 5.32 Å². The first-order valence-electron chi connectivity index (χ1n) is 10.2. The Morgan fingerprint density at radius 2 is 2.03 bits per heavy atom. The average molecular weight is 460 g/mol. The maximum Gasteiger partial charge on any atom is 0.411 e. The molecule has 2 amide bonds. The smallest absolute Gasteiger partial charge is 0.411 e. The fourth-order valence-electron chi connectivity index (χ4n) is 3.87.